The van der Waals surface area contributed by atoms with Crippen LogP contribution in [0.1, 0.15) is 24.5 Å². The summed E-state index contributed by atoms with van der Waals surface area (Å²) in [5, 5.41) is 0. The van der Waals surface area contributed by atoms with Crippen molar-refractivity contribution in [1.29, 1.82) is 0 Å². The van der Waals surface area contributed by atoms with Gasteiger partial charge >= 0.3 is 6.18 Å². The van der Waals surface area contributed by atoms with E-state index in [1.807, 2.05) is 0 Å². The smallest absolute Gasteiger partial charge is 0.341 e. The minimum absolute atomic E-state index is 0.0415. The molecule has 21 heavy (non-hydrogen) atoms. The van der Waals surface area contributed by atoms with Crippen molar-refractivity contribution in [3.05, 3.63) is 35.4 Å². The van der Waals surface area contributed by atoms with Crippen molar-refractivity contribution in [2.45, 2.75) is 30.4 Å². The lowest BCUT2D eigenvalue weighted by atomic mass is 10.0. The highest BCUT2D eigenvalue weighted by Crippen LogP contribution is 2.64. The number of amides is 1. The summed E-state index contributed by atoms with van der Waals surface area (Å²) in [5.41, 5.74) is -1.63. The number of nitrogens with zero attached hydrogens (tertiary/aromatic N) is 1. The van der Waals surface area contributed by atoms with Crippen LogP contribution in [0.15, 0.2) is 24.3 Å². The maximum Gasteiger partial charge on any atom is 0.416 e. The first-order chi connectivity index (χ1) is 9.49. The quantitative estimate of drug-likeness (QED) is 0.754. The molecule has 1 aliphatic rings. The monoisotopic (exact) mass is 339 g/mol. The molecule has 1 saturated carbocycles. The van der Waals surface area contributed by atoms with Crippen molar-refractivity contribution in [2.75, 3.05) is 7.05 Å². The summed E-state index contributed by atoms with van der Waals surface area (Å²) in [7, 11) is 1.45. The van der Waals surface area contributed by atoms with Crippen molar-refractivity contribution >= 4 is 29.1 Å². The Bertz CT molecular complexity index is 574. The molecular formula is C14H14Cl2F3NO. The third-order valence-corrected chi connectivity index (χ3v) is 4.91. The number of rotatable bonds is 3. The Hall–Kier alpha value is -0.940. The van der Waals surface area contributed by atoms with E-state index >= 15 is 0 Å². The van der Waals surface area contributed by atoms with Gasteiger partial charge in [0.25, 0.3) is 0 Å². The highest BCUT2D eigenvalue weighted by molar-refractivity contribution is 6.53. The average Bonchev–Trinajstić information content (AvgIpc) is 2.88. The molecule has 0 saturated heterocycles. The summed E-state index contributed by atoms with van der Waals surface area (Å²) < 4.78 is 37.6. The van der Waals surface area contributed by atoms with E-state index in [0.29, 0.717) is 6.42 Å². The van der Waals surface area contributed by atoms with E-state index in [0.717, 1.165) is 6.07 Å². The molecule has 1 unspecified atom stereocenters. The summed E-state index contributed by atoms with van der Waals surface area (Å²) >= 11 is 11.9. The molecule has 0 heterocycles. The summed E-state index contributed by atoms with van der Waals surface area (Å²) in [6.45, 7) is 1.47. The van der Waals surface area contributed by atoms with Crippen molar-refractivity contribution in [2.24, 2.45) is 5.41 Å². The second-order valence-corrected chi connectivity index (χ2v) is 7.01. The van der Waals surface area contributed by atoms with Crippen LogP contribution in [-0.4, -0.2) is 22.2 Å². The van der Waals surface area contributed by atoms with E-state index < -0.39 is 21.5 Å². The average molecular weight is 340 g/mol. The Labute approximate surface area is 130 Å². The van der Waals surface area contributed by atoms with Crippen LogP contribution in [0, 0.1) is 5.41 Å². The van der Waals surface area contributed by atoms with Crippen LogP contribution in [0.3, 0.4) is 0 Å². The standard InChI is InChI=1S/C14H14Cl2F3NO/c1-12(8-13(12,15)16)11(21)20(2)7-9-5-3-4-6-10(9)14(17,18)19/h3-6H,7-8H2,1-2H3. The van der Waals surface area contributed by atoms with Gasteiger partial charge in [0.05, 0.1) is 11.0 Å². The minimum Gasteiger partial charge on any atom is -0.341 e. The molecule has 1 atom stereocenters. The molecule has 2 nitrogen and oxygen atoms in total. The topological polar surface area (TPSA) is 20.3 Å². The molecule has 0 radical (unpaired) electrons. The molecule has 1 aliphatic carbocycles. The normalized spacial score (nSPS) is 23.8. The highest BCUT2D eigenvalue weighted by atomic mass is 35.5. The van der Waals surface area contributed by atoms with E-state index in [1.165, 1.54) is 30.1 Å². The fourth-order valence-corrected chi connectivity index (χ4v) is 3.01. The lowest BCUT2D eigenvalue weighted by Gasteiger charge is -2.24. The van der Waals surface area contributed by atoms with Gasteiger partial charge in [0.2, 0.25) is 5.91 Å². The first-order valence-electron chi connectivity index (χ1n) is 6.27. The lowest BCUT2D eigenvalue weighted by molar-refractivity contribution is -0.140. The number of alkyl halides is 5. The fraction of sp³-hybridized carbons (Fsp3) is 0.500. The van der Waals surface area contributed by atoms with Crippen LogP contribution in [0.25, 0.3) is 0 Å². The summed E-state index contributed by atoms with van der Waals surface area (Å²) in [6, 6.07) is 5.18. The zero-order valence-corrected chi connectivity index (χ0v) is 13.0. The van der Waals surface area contributed by atoms with Gasteiger partial charge in [-0.1, -0.05) is 18.2 Å². The van der Waals surface area contributed by atoms with Gasteiger partial charge < -0.3 is 4.90 Å². The van der Waals surface area contributed by atoms with Crippen molar-refractivity contribution in [3.8, 4) is 0 Å². The molecule has 0 spiro atoms. The van der Waals surface area contributed by atoms with Crippen molar-refractivity contribution < 1.29 is 18.0 Å². The lowest BCUT2D eigenvalue weighted by Crippen LogP contribution is -2.35. The van der Waals surface area contributed by atoms with Crippen LogP contribution in [0.5, 0.6) is 0 Å². The van der Waals surface area contributed by atoms with Crippen LogP contribution in [-0.2, 0) is 17.5 Å². The van der Waals surface area contributed by atoms with Crippen LogP contribution in [0.4, 0.5) is 13.2 Å². The second kappa shape index (κ2) is 5.06. The van der Waals surface area contributed by atoms with E-state index in [9.17, 15) is 18.0 Å². The summed E-state index contributed by atoms with van der Waals surface area (Å²) in [5.74, 6) is -0.357. The summed E-state index contributed by atoms with van der Waals surface area (Å²) in [6.07, 6.45) is -4.15. The Morgan fingerprint density at radius 1 is 1.33 bits per heavy atom. The molecule has 1 aromatic carbocycles. The fourth-order valence-electron chi connectivity index (χ4n) is 2.32. The van der Waals surface area contributed by atoms with Gasteiger partial charge in [0.1, 0.15) is 4.33 Å². The number of hydrogen-bond donors (Lipinski definition) is 0. The third-order valence-electron chi connectivity index (χ3n) is 3.81. The maximum absolute atomic E-state index is 12.9. The second-order valence-electron chi connectivity index (χ2n) is 5.53. The van der Waals surface area contributed by atoms with Crippen molar-refractivity contribution in [3.63, 3.8) is 0 Å². The number of hydrogen-bond acceptors (Lipinski definition) is 1. The van der Waals surface area contributed by atoms with E-state index in [2.05, 4.69) is 0 Å². The predicted molar refractivity (Wildman–Crippen MR) is 75.1 cm³/mol. The van der Waals surface area contributed by atoms with Gasteiger partial charge in [0, 0.05) is 13.6 Å². The molecule has 116 valence electrons. The highest BCUT2D eigenvalue weighted by Gasteiger charge is 2.68. The number of halogens is 5. The van der Waals surface area contributed by atoms with Crippen LogP contribution >= 0.6 is 23.2 Å². The number of benzene rings is 1. The SMILES string of the molecule is CN(Cc1ccccc1C(F)(F)F)C(=O)C1(C)CC1(Cl)Cl. The number of carbonyl (C=O) groups excluding carboxylic acids is 1. The zero-order valence-electron chi connectivity index (χ0n) is 11.5. The minimum atomic E-state index is -4.45. The largest absolute Gasteiger partial charge is 0.416 e. The van der Waals surface area contributed by atoms with Crippen LogP contribution in [0.2, 0.25) is 0 Å². The Kier molecular flexibility index (Phi) is 3.96. The van der Waals surface area contributed by atoms with Gasteiger partial charge in [-0.2, -0.15) is 13.2 Å². The Morgan fingerprint density at radius 2 is 1.86 bits per heavy atom. The molecule has 0 aliphatic heterocycles. The molecule has 0 N–H and O–H groups in total. The van der Waals surface area contributed by atoms with E-state index in [1.54, 1.807) is 6.92 Å². The third kappa shape index (κ3) is 2.99. The molecule has 1 fully saturated rings. The summed E-state index contributed by atoms with van der Waals surface area (Å²) in [4.78, 5) is 13.5. The van der Waals surface area contributed by atoms with Gasteiger partial charge in [-0.15, -0.1) is 23.2 Å². The molecule has 2 rings (SSSR count). The van der Waals surface area contributed by atoms with Gasteiger partial charge in [-0.05, 0) is 25.0 Å². The molecule has 0 aromatic heterocycles. The number of carbonyl (C=O) groups is 1. The zero-order chi connectivity index (χ0) is 16.1. The molecule has 0 bridgehead atoms. The molecule has 1 aromatic rings. The molecule has 7 heteroatoms. The Morgan fingerprint density at radius 3 is 2.33 bits per heavy atom. The predicted octanol–water partition coefficient (Wildman–Crippen LogP) is 4.25. The first kappa shape index (κ1) is 16.4. The van der Waals surface area contributed by atoms with E-state index in [-0.39, 0.29) is 18.0 Å². The van der Waals surface area contributed by atoms with Crippen molar-refractivity contribution in [1.82, 2.24) is 4.90 Å². The van der Waals surface area contributed by atoms with E-state index in [4.69, 9.17) is 23.2 Å². The maximum atomic E-state index is 12.9. The van der Waals surface area contributed by atoms with Gasteiger partial charge in [-0.3, -0.25) is 4.79 Å². The van der Waals surface area contributed by atoms with Crippen LogP contribution < -0.4 is 0 Å². The molecule has 1 amide bonds. The van der Waals surface area contributed by atoms with Gasteiger partial charge in [-0.25, -0.2) is 0 Å². The Balaban J connectivity index is 2.18. The van der Waals surface area contributed by atoms with Gasteiger partial charge in [0.15, 0.2) is 0 Å². The first-order valence-corrected chi connectivity index (χ1v) is 7.03. The molecular weight excluding hydrogens is 326 g/mol.